The van der Waals surface area contributed by atoms with Gasteiger partial charge in [-0.05, 0) is 81.6 Å². The number of carbonyl (C=O) groups excluding carboxylic acids is 1. The summed E-state index contributed by atoms with van der Waals surface area (Å²) in [7, 11) is -5.89. The Morgan fingerprint density at radius 1 is 0.889 bits per heavy atom. The van der Waals surface area contributed by atoms with Crippen LogP contribution in [0.5, 0.6) is 0 Å². The number of rotatable bonds is 7. The van der Waals surface area contributed by atoms with Crippen molar-refractivity contribution in [3.05, 3.63) is 0 Å². The van der Waals surface area contributed by atoms with Crippen LogP contribution in [0, 0.1) is 17.3 Å². The highest BCUT2D eigenvalue weighted by Crippen LogP contribution is 2.60. The minimum absolute atomic E-state index is 0.00478. The molecule has 0 radical (unpaired) electrons. The summed E-state index contributed by atoms with van der Waals surface area (Å²) in [6, 6.07) is 0. The fraction of sp³-hybridized carbons (Fsp3) is 0.966. The van der Waals surface area contributed by atoms with E-state index in [2.05, 4.69) is 101 Å². The number of fused-ring (bicyclic) bond motifs is 1. The molecule has 0 aliphatic heterocycles. The molecular weight excluding hydrogens is 497 g/mol. The fourth-order valence-electron chi connectivity index (χ4n) is 5.87. The molecule has 0 amide bonds. The number of hydrogen-bond acceptors (Lipinski definition) is 4. The first-order chi connectivity index (χ1) is 15.9. The zero-order chi connectivity index (χ0) is 28.2. The van der Waals surface area contributed by atoms with Crippen LogP contribution < -0.4 is 0 Å². The SMILES string of the molecule is CC1C[C@@]2(O[Si](C)(C)C)[C@H](CO[Si](C)(C)C(C)(C)C)CC[C@H](O[Si](C)(C)C(C)(C)C)[C@]2(C)CCC1=O. The molecule has 7 heteroatoms. The Morgan fingerprint density at radius 3 is 1.89 bits per heavy atom. The van der Waals surface area contributed by atoms with Crippen LogP contribution in [0.1, 0.15) is 87.5 Å². The standard InChI is InChI=1S/C29H60O4Si3/c1-22-20-29(33-34(9,10)11)23(21-31-35(12,13)26(2,3)4)16-17-25(28(29,8)19-18-24(22)30)32-36(14,15)27(5,6)7/h22-23,25H,16-21H2,1-15H3/t22?,23-,25-,28-,29+/m0/s1. The van der Waals surface area contributed by atoms with Crippen molar-refractivity contribution in [2.24, 2.45) is 17.3 Å². The molecule has 2 aliphatic carbocycles. The third-order valence-corrected chi connectivity index (χ3v) is 20.3. The summed E-state index contributed by atoms with van der Waals surface area (Å²) in [5, 5.41) is 0.306. The van der Waals surface area contributed by atoms with Crippen LogP contribution in [0.3, 0.4) is 0 Å². The molecule has 212 valence electrons. The van der Waals surface area contributed by atoms with Crippen LogP contribution in [0.4, 0.5) is 0 Å². The molecule has 2 fully saturated rings. The molecule has 0 N–H and O–H groups in total. The third kappa shape index (κ3) is 6.49. The van der Waals surface area contributed by atoms with E-state index in [9.17, 15) is 4.79 Å². The first kappa shape index (κ1) is 32.4. The van der Waals surface area contributed by atoms with Gasteiger partial charge in [0.2, 0.25) is 0 Å². The zero-order valence-electron chi connectivity index (χ0n) is 26.6. The molecular formula is C29H60O4Si3. The van der Waals surface area contributed by atoms with Gasteiger partial charge in [-0.3, -0.25) is 4.79 Å². The summed E-state index contributed by atoms with van der Waals surface area (Å²) >= 11 is 0. The molecule has 0 aromatic heterocycles. The van der Waals surface area contributed by atoms with Crippen molar-refractivity contribution in [1.29, 1.82) is 0 Å². The van der Waals surface area contributed by atoms with Crippen molar-refractivity contribution in [3.8, 4) is 0 Å². The second-order valence-corrected chi connectivity index (χ2v) is 30.3. The van der Waals surface area contributed by atoms with E-state index in [0.29, 0.717) is 12.2 Å². The highest BCUT2D eigenvalue weighted by molar-refractivity contribution is 6.74. The van der Waals surface area contributed by atoms with Crippen molar-refractivity contribution in [1.82, 2.24) is 0 Å². The Morgan fingerprint density at radius 2 is 1.42 bits per heavy atom. The molecule has 0 bridgehead atoms. The number of hydrogen-bond donors (Lipinski definition) is 0. The van der Waals surface area contributed by atoms with Gasteiger partial charge in [-0.2, -0.15) is 0 Å². The number of ketones is 1. The van der Waals surface area contributed by atoms with Crippen LogP contribution in [-0.4, -0.2) is 49.0 Å². The Bertz CT molecular complexity index is 790. The minimum atomic E-state index is -2.01. The van der Waals surface area contributed by atoms with E-state index in [4.69, 9.17) is 13.3 Å². The largest absolute Gasteiger partial charge is 0.416 e. The summed E-state index contributed by atoms with van der Waals surface area (Å²) in [6.07, 6.45) is 4.42. The molecule has 0 aromatic rings. The lowest BCUT2D eigenvalue weighted by molar-refractivity contribution is -0.192. The lowest BCUT2D eigenvalue weighted by Gasteiger charge is -2.62. The summed E-state index contributed by atoms with van der Waals surface area (Å²) < 4.78 is 21.6. The summed E-state index contributed by atoms with van der Waals surface area (Å²) in [4.78, 5) is 13.2. The quantitative estimate of drug-likeness (QED) is 0.294. The van der Waals surface area contributed by atoms with Crippen molar-refractivity contribution < 1.29 is 18.1 Å². The van der Waals surface area contributed by atoms with Gasteiger partial charge in [0.15, 0.2) is 25.0 Å². The second kappa shape index (κ2) is 10.3. The van der Waals surface area contributed by atoms with E-state index in [0.717, 1.165) is 32.3 Å². The molecule has 0 aromatic carbocycles. The lowest BCUT2D eigenvalue weighted by Crippen LogP contribution is -2.67. The Kier molecular flexibility index (Phi) is 9.28. The van der Waals surface area contributed by atoms with E-state index in [1.54, 1.807) is 0 Å². The fourth-order valence-corrected chi connectivity index (χ4v) is 9.94. The van der Waals surface area contributed by atoms with Crippen LogP contribution >= 0.6 is 0 Å². The van der Waals surface area contributed by atoms with Gasteiger partial charge in [0.1, 0.15) is 5.78 Å². The molecule has 0 saturated heterocycles. The highest BCUT2D eigenvalue weighted by atomic mass is 28.4. The van der Waals surface area contributed by atoms with E-state index in [-0.39, 0.29) is 33.4 Å². The van der Waals surface area contributed by atoms with Gasteiger partial charge in [0, 0.05) is 30.3 Å². The maximum atomic E-state index is 13.2. The van der Waals surface area contributed by atoms with Crippen LogP contribution in [-0.2, 0) is 18.1 Å². The van der Waals surface area contributed by atoms with Crippen molar-refractivity contribution >= 4 is 30.7 Å². The van der Waals surface area contributed by atoms with E-state index in [1.807, 2.05) is 0 Å². The molecule has 2 saturated carbocycles. The van der Waals surface area contributed by atoms with Gasteiger partial charge < -0.3 is 13.3 Å². The molecule has 5 atom stereocenters. The maximum absolute atomic E-state index is 13.2. The van der Waals surface area contributed by atoms with Crippen LogP contribution in [0.25, 0.3) is 0 Å². The average molecular weight is 557 g/mol. The van der Waals surface area contributed by atoms with Gasteiger partial charge in [-0.25, -0.2) is 0 Å². The molecule has 2 aliphatic rings. The summed E-state index contributed by atoms with van der Waals surface area (Å²) in [5.74, 6) is 0.667. The van der Waals surface area contributed by atoms with E-state index in [1.165, 1.54) is 0 Å². The van der Waals surface area contributed by atoms with Crippen LogP contribution in [0.2, 0.25) is 55.9 Å². The first-order valence-electron chi connectivity index (χ1n) is 14.4. The lowest BCUT2D eigenvalue weighted by atomic mass is 9.55. The Labute approximate surface area is 227 Å². The summed E-state index contributed by atoms with van der Waals surface area (Å²) in [6.45, 7) is 35.6. The predicted molar refractivity (Wildman–Crippen MR) is 161 cm³/mol. The smallest absolute Gasteiger partial charge is 0.192 e. The van der Waals surface area contributed by atoms with Gasteiger partial charge in [0.25, 0.3) is 0 Å². The Hall–Kier alpha value is 0.201. The highest BCUT2D eigenvalue weighted by Gasteiger charge is 2.64. The topological polar surface area (TPSA) is 44.8 Å². The first-order valence-corrected chi connectivity index (χ1v) is 23.7. The van der Waals surface area contributed by atoms with Gasteiger partial charge in [-0.15, -0.1) is 0 Å². The number of Topliss-reactive ketones (excluding diaryl/α,β-unsaturated/α-hetero) is 1. The van der Waals surface area contributed by atoms with Crippen LogP contribution in [0.15, 0.2) is 0 Å². The van der Waals surface area contributed by atoms with E-state index < -0.39 is 30.6 Å². The monoisotopic (exact) mass is 556 g/mol. The van der Waals surface area contributed by atoms with Gasteiger partial charge in [-0.1, -0.05) is 55.4 Å². The molecule has 2 rings (SSSR count). The van der Waals surface area contributed by atoms with Gasteiger partial charge in [0.05, 0.1) is 11.7 Å². The second-order valence-electron chi connectivity index (χ2n) is 16.3. The summed E-state index contributed by atoms with van der Waals surface area (Å²) in [5.41, 5.74) is -0.625. The van der Waals surface area contributed by atoms with E-state index >= 15 is 0 Å². The molecule has 0 spiro atoms. The maximum Gasteiger partial charge on any atom is 0.192 e. The number of carbonyl (C=O) groups is 1. The molecule has 0 heterocycles. The van der Waals surface area contributed by atoms with Crippen molar-refractivity contribution in [3.63, 3.8) is 0 Å². The Balaban J connectivity index is 2.64. The predicted octanol–water partition coefficient (Wildman–Crippen LogP) is 8.79. The van der Waals surface area contributed by atoms with Gasteiger partial charge >= 0.3 is 0 Å². The normalized spacial score (nSPS) is 33.3. The minimum Gasteiger partial charge on any atom is -0.416 e. The molecule has 36 heavy (non-hydrogen) atoms. The van der Waals surface area contributed by atoms with Crippen molar-refractivity contribution in [2.75, 3.05) is 6.61 Å². The molecule has 4 nitrogen and oxygen atoms in total. The third-order valence-electron chi connectivity index (χ3n) is 10.3. The van der Waals surface area contributed by atoms with Crippen molar-refractivity contribution in [2.45, 2.75) is 155 Å². The average Bonchev–Trinajstić information content (AvgIpc) is 2.74. The molecule has 1 unspecified atom stereocenters. The zero-order valence-corrected chi connectivity index (χ0v) is 29.6.